The summed E-state index contributed by atoms with van der Waals surface area (Å²) in [6.07, 6.45) is 3.73. The van der Waals surface area contributed by atoms with Gasteiger partial charge in [-0.2, -0.15) is 4.31 Å². The van der Waals surface area contributed by atoms with Crippen LogP contribution in [0.3, 0.4) is 0 Å². The molecule has 0 saturated heterocycles. The van der Waals surface area contributed by atoms with Crippen molar-refractivity contribution in [1.82, 2.24) is 0 Å². The Kier molecular flexibility index (Phi) is 7.71. The van der Waals surface area contributed by atoms with Crippen LogP contribution in [0.5, 0.6) is 5.75 Å². The Bertz CT molecular complexity index is 1260. The number of hydrogen-bond donors (Lipinski definition) is 0. The van der Waals surface area contributed by atoms with Crippen LogP contribution in [-0.2, 0) is 14.8 Å². The molecule has 0 aliphatic rings. The van der Waals surface area contributed by atoms with E-state index in [9.17, 15) is 13.2 Å². The molecule has 0 spiro atoms. The van der Waals surface area contributed by atoms with Crippen molar-refractivity contribution in [2.24, 2.45) is 0 Å². The molecule has 3 rings (SSSR count). The summed E-state index contributed by atoms with van der Waals surface area (Å²) in [6.45, 7) is 8.14. The quantitative estimate of drug-likeness (QED) is 0.394. The van der Waals surface area contributed by atoms with Crippen LogP contribution < -0.4 is 9.04 Å². The molecule has 0 radical (unpaired) electrons. The number of nitrogens with zero attached hydrogens (tertiary/aromatic N) is 1. The van der Waals surface area contributed by atoms with Crippen LogP contribution >= 0.6 is 0 Å². The van der Waals surface area contributed by atoms with E-state index in [1.807, 2.05) is 58.0 Å². The van der Waals surface area contributed by atoms with Crippen LogP contribution in [0.25, 0.3) is 6.08 Å². The monoisotopic (exact) mass is 463 g/mol. The second kappa shape index (κ2) is 10.5. The zero-order valence-corrected chi connectivity index (χ0v) is 20.2. The van der Waals surface area contributed by atoms with Crippen molar-refractivity contribution in [2.45, 2.75) is 39.0 Å². The van der Waals surface area contributed by atoms with Crippen molar-refractivity contribution in [1.29, 1.82) is 0 Å². The summed E-state index contributed by atoms with van der Waals surface area (Å²) in [5.41, 5.74) is 3.59. The van der Waals surface area contributed by atoms with E-state index >= 15 is 0 Å². The van der Waals surface area contributed by atoms with Crippen LogP contribution in [0.2, 0.25) is 0 Å². The first kappa shape index (κ1) is 24.3. The molecular weight excluding hydrogens is 434 g/mol. The molecule has 33 heavy (non-hydrogen) atoms. The van der Waals surface area contributed by atoms with E-state index in [1.165, 1.54) is 18.2 Å². The highest BCUT2D eigenvalue weighted by molar-refractivity contribution is 7.93. The number of carbonyl (C=O) groups is 1. The Morgan fingerprint density at radius 3 is 2.33 bits per heavy atom. The molecule has 0 bridgehead atoms. The zero-order chi connectivity index (χ0) is 24.0. The third-order valence-corrected chi connectivity index (χ3v) is 7.07. The van der Waals surface area contributed by atoms with Crippen LogP contribution in [0.15, 0.2) is 77.7 Å². The Labute approximate surface area is 196 Å². The van der Waals surface area contributed by atoms with Crippen molar-refractivity contribution in [3.63, 3.8) is 0 Å². The molecule has 0 aromatic heterocycles. The first-order valence-electron chi connectivity index (χ1n) is 10.9. The summed E-state index contributed by atoms with van der Waals surface area (Å²) in [7, 11) is -4.14. The normalized spacial score (nSPS) is 11.5. The first-order chi connectivity index (χ1) is 15.8. The minimum Gasteiger partial charge on any atom is -0.493 e. The topological polar surface area (TPSA) is 63.7 Å². The summed E-state index contributed by atoms with van der Waals surface area (Å²) >= 11 is 0. The van der Waals surface area contributed by atoms with Crippen LogP contribution in [-0.4, -0.2) is 20.9 Å². The van der Waals surface area contributed by atoms with Crippen molar-refractivity contribution in [3.05, 3.63) is 95.1 Å². The lowest BCUT2D eigenvalue weighted by Gasteiger charge is -2.24. The molecular formula is C27H29NO4S. The fraction of sp³-hybridized carbons (Fsp3) is 0.222. The molecule has 0 heterocycles. The van der Waals surface area contributed by atoms with Gasteiger partial charge in [-0.3, -0.25) is 4.79 Å². The molecule has 172 valence electrons. The molecule has 1 amide bonds. The van der Waals surface area contributed by atoms with E-state index < -0.39 is 15.9 Å². The predicted octanol–water partition coefficient (Wildman–Crippen LogP) is 5.84. The van der Waals surface area contributed by atoms with Gasteiger partial charge >= 0.3 is 0 Å². The number of ether oxygens (including phenoxy) is 1. The maximum Gasteiger partial charge on any atom is 0.271 e. The van der Waals surface area contributed by atoms with Gasteiger partial charge in [0.15, 0.2) is 0 Å². The second-order valence-electron chi connectivity index (χ2n) is 7.86. The fourth-order valence-corrected chi connectivity index (χ4v) is 4.77. The second-order valence-corrected chi connectivity index (χ2v) is 9.65. The lowest BCUT2D eigenvalue weighted by Crippen LogP contribution is -2.36. The highest BCUT2D eigenvalue weighted by atomic mass is 32.2. The molecule has 0 aliphatic heterocycles. The van der Waals surface area contributed by atoms with Crippen LogP contribution in [0, 0.1) is 20.8 Å². The maximum absolute atomic E-state index is 13.6. The summed E-state index contributed by atoms with van der Waals surface area (Å²) in [4.78, 5) is 13.5. The highest BCUT2D eigenvalue weighted by Crippen LogP contribution is 2.30. The zero-order valence-electron chi connectivity index (χ0n) is 19.4. The Balaban J connectivity index is 2.07. The predicted molar refractivity (Wildman–Crippen MR) is 133 cm³/mol. The largest absolute Gasteiger partial charge is 0.493 e. The summed E-state index contributed by atoms with van der Waals surface area (Å²) < 4.78 is 33.9. The number of hydrogen-bond acceptors (Lipinski definition) is 4. The number of rotatable bonds is 8. The molecule has 5 nitrogen and oxygen atoms in total. The number of sulfonamides is 1. The lowest BCUT2D eigenvalue weighted by atomic mass is 10.1. The number of benzene rings is 3. The maximum atomic E-state index is 13.6. The van der Waals surface area contributed by atoms with Crippen LogP contribution in [0.4, 0.5) is 5.69 Å². The number of aryl methyl sites for hydroxylation is 2. The van der Waals surface area contributed by atoms with E-state index in [1.54, 1.807) is 30.3 Å². The molecule has 0 aliphatic carbocycles. The average Bonchev–Trinajstić information content (AvgIpc) is 2.80. The van der Waals surface area contributed by atoms with Crippen molar-refractivity contribution >= 4 is 27.7 Å². The first-order valence-corrected chi connectivity index (χ1v) is 12.3. The van der Waals surface area contributed by atoms with E-state index in [-0.39, 0.29) is 4.90 Å². The van der Waals surface area contributed by atoms with Gasteiger partial charge in [0.25, 0.3) is 15.9 Å². The minimum atomic E-state index is -4.14. The van der Waals surface area contributed by atoms with Gasteiger partial charge in [0.05, 0.1) is 17.2 Å². The number of anilines is 1. The SMILES string of the molecule is CCCOc1ccccc1/C=C/C(=O)N(c1cccc(C)c1C)S(=O)(=O)c1ccc(C)cc1. The van der Waals surface area contributed by atoms with Gasteiger partial charge in [-0.1, -0.05) is 55.0 Å². The van der Waals surface area contributed by atoms with Gasteiger partial charge in [-0.25, -0.2) is 8.42 Å². The van der Waals surface area contributed by atoms with Crippen molar-refractivity contribution in [2.75, 3.05) is 10.9 Å². The van der Waals surface area contributed by atoms with Crippen molar-refractivity contribution < 1.29 is 17.9 Å². The molecule has 0 unspecified atom stereocenters. The Hall–Kier alpha value is -3.38. The molecule has 3 aromatic carbocycles. The van der Waals surface area contributed by atoms with E-state index in [0.29, 0.717) is 23.6 Å². The van der Waals surface area contributed by atoms with Gasteiger partial charge in [-0.15, -0.1) is 0 Å². The molecule has 6 heteroatoms. The van der Waals surface area contributed by atoms with E-state index in [0.717, 1.165) is 27.4 Å². The highest BCUT2D eigenvalue weighted by Gasteiger charge is 2.31. The van der Waals surface area contributed by atoms with Crippen molar-refractivity contribution in [3.8, 4) is 5.75 Å². The number of amides is 1. The van der Waals surface area contributed by atoms with Gasteiger partial charge in [-0.05, 0) is 68.7 Å². The summed E-state index contributed by atoms with van der Waals surface area (Å²) in [6, 6.07) is 19.1. The van der Waals surface area contributed by atoms with E-state index in [2.05, 4.69) is 0 Å². The third-order valence-electron chi connectivity index (χ3n) is 5.34. The summed E-state index contributed by atoms with van der Waals surface area (Å²) in [5, 5.41) is 0. The Morgan fingerprint density at radius 1 is 0.939 bits per heavy atom. The summed E-state index contributed by atoms with van der Waals surface area (Å²) in [5.74, 6) is -0.0161. The third kappa shape index (κ3) is 5.52. The minimum absolute atomic E-state index is 0.0578. The van der Waals surface area contributed by atoms with Gasteiger partial charge in [0.2, 0.25) is 0 Å². The smallest absolute Gasteiger partial charge is 0.271 e. The molecule has 3 aromatic rings. The average molecular weight is 464 g/mol. The van der Waals surface area contributed by atoms with Gasteiger partial charge in [0.1, 0.15) is 5.75 Å². The molecule has 0 atom stereocenters. The van der Waals surface area contributed by atoms with Gasteiger partial charge < -0.3 is 4.74 Å². The lowest BCUT2D eigenvalue weighted by molar-refractivity contribution is -0.113. The van der Waals surface area contributed by atoms with Crippen LogP contribution in [0.1, 0.15) is 35.6 Å². The fourth-order valence-electron chi connectivity index (χ4n) is 3.33. The Morgan fingerprint density at radius 2 is 1.64 bits per heavy atom. The van der Waals surface area contributed by atoms with Gasteiger partial charge in [0, 0.05) is 11.6 Å². The molecule has 0 fully saturated rings. The number of carbonyl (C=O) groups excluding carboxylic acids is 1. The number of para-hydroxylation sites is 1. The molecule has 0 N–H and O–H groups in total. The standard InChI is InChI=1S/C27H29NO4S/c1-5-19-32-26-12-7-6-10-23(26)15-18-27(29)28(25-11-8-9-21(3)22(25)4)33(30,31)24-16-13-20(2)14-17-24/h6-18H,5,19H2,1-4H3/b18-15+. The van der Waals surface area contributed by atoms with E-state index in [4.69, 9.17) is 4.74 Å². The molecule has 0 saturated carbocycles.